The molecule has 1 N–H and O–H groups in total. The fraction of sp³-hybridized carbons (Fsp3) is 0.133. The molecule has 0 radical (unpaired) electrons. The maximum atomic E-state index is 12.0. The lowest BCUT2D eigenvalue weighted by Crippen LogP contribution is -2.22. The number of rotatable bonds is 2. The standard InChI is InChI=1S/C15H14ClNO/c1-11-5-4-6-12(10-9-11)17-15(18)13-7-2-3-8-14(13)16/h2-3,5-10H,4H2,1H3,(H,17,18). The van der Waals surface area contributed by atoms with E-state index in [0.29, 0.717) is 10.6 Å². The zero-order valence-electron chi connectivity index (χ0n) is 10.1. The molecule has 0 heterocycles. The summed E-state index contributed by atoms with van der Waals surface area (Å²) >= 11 is 5.98. The van der Waals surface area contributed by atoms with Crippen LogP contribution in [0.15, 0.2) is 59.8 Å². The normalized spacial score (nSPS) is 14.6. The molecule has 2 rings (SSSR count). The third-order valence-corrected chi connectivity index (χ3v) is 3.01. The van der Waals surface area contributed by atoms with Crippen molar-refractivity contribution in [2.24, 2.45) is 0 Å². The van der Waals surface area contributed by atoms with Gasteiger partial charge >= 0.3 is 0 Å². The molecule has 18 heavy (non-hydrogen) atoms. The SMILES string of the molecule is CC1=CCC=C(NC(=O)c2ccccc2Cl)C=C1. The molecule has 0 saturated heterocycles. The summed E-state index contributed by atoms with van der Waals surface area (Å²) in [5.74, 6) is -0.184. The second-order valence-corrected chi connectivity index (χ2v) is 4.52. The summed E-state index contributed by atoms with van der Waals surface area (Å²) in [6.45, 7) is 2.03. The van der Waals surface area contributed by atoms with Crippen LogP contribution in [0.25, 0.3) is 0 Å². The fourth-order valence-electron chi connectivity index (χ4n) is 1.67. The fourth-order valence-corrected chi connectivity index (χ4v) is 1.89. The summed E-state index contributed by atoms with van der Waals surface area (Å²) in [6.07, 6.45) is 8.77. The molecule has 1 aromatic rings. The van der Waals surface area contributed by atoms with Crippen molar-refractivity contribution >= 4 is 17.5 Å². The van der Waals surface area contributed by atoms with Crippen LogP contribution in [0.3, 0.4) is 0 Å². The number of carbonyl (C=O) groups excluding carboxylic acids is 1. The zero-order chi connectivity index (χ0) is 13.0. The first-order valence-corrected chi connectivity index (χ1v) is 6.15. The van der Waals surface area contributed by atoms with Gasteiger partial charge in [-0.1, -0.05) is 47.5 Å². The quantitative estimate of drug-likeness (QED) is 0.859. The number of nitrogens with one attached hydrogen (secondary N) is 1. The van der Waals surface area contributed by atoms with E-state index in [2.05, 4.69) is 11.4 Å². The third-order valence-electron chi connectivity index (χ3n) is 2.68. The predicted molar refractivity (Wildman–Crippen MR) is 74.5 cm³/mol. The number of carbonyl (C=O) groups is 1. The van der Waals surface area contributed by atoms with Crippen molar-refractivity contribution in [3.05, 3.63) is 70.4 Å². The van der Waals surface area contributed by atoms with Gasteiger partial charge in [-0.05, 0) is 31.6 Å². The molecule has 1 aromatic carbocycles. The molecule has 92 valence electrons. The predicted octanol–water partition coefficient (Wildman–Crippen LogP) is 3.86. The Morgan fingerprint density at radius 1 is 1.22 bits per heavy atom. The van der Waals surface area contributed by atoms with E-state index in [-0.39, 0.29) is 5.91 Å². The smallest absolute Gasteiger partial charge is 0.257 e. The highest BCUT2D eigenvalue weighted by molar-refractivity contribution is 6.33. The number of hydrogen-bond acceptors (Lipinski definition) is 1. The lowest BCUT2D eigenvalue weighted by atomic mass is 10.2. The second kappa shape index (κ2) is 5.69. The molecule has 0 aliphatic heterocycles. The van der Waals surface area contributed by atoms with Crippen LogP contribution < -0.4 is 5.32 Å². The summed E-state index contributed by atoms with van der Waals surface area (Å²) < 4.78 is 0. The van der Waals surface area contributed by atoms with Gasteiger partial charge in [0, 0.05) is 5.70 Å². The van der Waals surface area contributed by atoms with E-state index in [4.69, 9.17) is 11.6 Å². The van der Waals surface area contributed by atoms with Gasteiger partial charge in [-0.2, -0.15) is 0 Å². The Morgan fingerprint density at radius 2 is 2.00 bits per heavy atom. The molecule has 0 aromatic heterocycles. The van der Waals surface area contributed by atoms with Gasteiger partial charge in [0.15, 0.2) is 0 Å². The van der Waals surface area contributed by atoms with Gasteiger partial charge in [-0.25, -0.2) is 0 Å². The van der Waals surface area contributed by atoms with E-state index < -0.39 is 0 Å². The Kier molecular flexibility index (Phi) is 4.00. The van der Waals surface area contributed by atoms with Crippen LogP contribution in [0.4, 0.5) is 0 Å². The Hall–Kier alpha value is -1.80. The van der Waals surface area contributed by atoms with Gasteiger partial charge in [0.25, 0.3) is 5.91 Å². The van der Waals surface area contributed by atoms with Crippen LogP contribution in [0.2, 0.25) is 5.02 Å². The Balaban J connectivity index is 2.12. The maximum absolute atomic E-state index is 12.0. The molecule has 3 heteroatoms. The number of amides is 1. The van der Waals surface area contributed by atoms with Gasteiger partial charge in [-0.3, -0.25) is 4.79 Å². The van der Waals surface area contributed by atoms with Crippen molar-refractivity contribution in [1.29, 1.82) is 0 Å². The van der Waals surface area contributed by atoms with E-state index >= 15 is 0 Å². The van der Waals surface area contributed by atoms with Crippen LogP contribution in [0.5, 0.6) is 0 Å². The molecule has 2 nitrogen and oxygen atoms in total. The Bertz CT molecular complexity index is 555. The van der Waals surface area contributed by atoms with E-state index in [1.54, 1.807) is 24.3 Å². The molecule has 1 amide bonds. The summed E-state index contributed by atoms with van der Waals surface area (Å²) in [7, 11) is 0. The molecule has 0 saturated carbocycles. The van der Waals surface area contributed by atoms with Crippen molar-refractivity contribution in [3.63, 3.8) is 0 Å². The molecule has 0 atom stereocenters. The lowest BCUT2D eigenvalue weighted by Gasteiger charge is -2.06. The minimum Gasteiger partial charge on any atom is -0.322 e. The third kappa shape index (κ3) is 3.11. The molecule has 0 bridgehead atoms. The largest absolute Gasteiger partial charge is 0.322 e. The summed E-state index contributed by atoms with van der Waals surface area (Å²) in [6, 6.07) is 7.02. The van der Waals surface area contributed by atoms with Crippen LogP contribution in [-0.4, -0.2) is 5.91 Å². The zero-order valence-corrected chi connectivity index (χ0v) is 10.9. The van der Waals surface area contributed by atoms with Crippen LogP contribution in [-0.2, 0) is 0 Å². The minimum atomic E-state index is -0.184. The van der Waals surface area contributed by atoms with Crippen LogP contribution in [0.1, 0.15) is 23.7 Å². The monoisotopic (exact) mass is 259 g/mol. The minimum absolute atomic E-state index is 0.184. The number of halogens is 1. The molecule has 1 aliphatic rings. The highest BCUT2D eigenvalue weighted by Crippen LogP contribution is 2.15. The van der Waals surface area contributed by atoms with Gasteiger partial charge in [0.2, 0.25) is 0 Å². The van der Waals surface area contributed by atoms with E-state index in [0.717, 1.165) is 12.1 Å². The molecule has 1 aliphatic carbocycles. The first kappa shape index (κ1) is 12.7. The van der Waals surface area contributed by atoms with Crippen molar-refractivity contribution < 1.29 is 4.79 Å². The van der Waals surface area contributed by atoms with Crippen molar-refractivity contribution in [1.82, 2.24) is 5.32 Å². The summed E-state index contributed by atoms with van der Waals surface area (Å²) in [4.78, 5) is 12.0. The highest BCUT2D eigenvalue weighted by Gasteiger charge is 2.10. The van der Waals surface area contributed by atoms with Gasteiger partial charge in [0.1, 0.15) is 0 Å². The van der Waals surface area contributed by atoms with Gasteiger partial charge in [0.05, 0.1) is 10.6 Å². The lowest BCUT2D eigenvalue weighted by molar-refractivity contribution is 0.0967. The Labute approximate surface area is 112 Å². The number of benzene rings is 1. The molecule has 0 fully saturated rings. The average molecular weight is 260 g/mol. The van der Waals surface area contributed by atoms with E-state index in [1.165, 1.54) is 5.57 Å². The maximum Gasteiger partial charge on any atom is 0.257 e. The molecule has 0 spiro atoms. The van der Waals surface area contributed by atoms with Crippen LogP contribution >= 0.6 is 11.6 Å². The summed E-state index contributed by atoms with van der Waals surface area (Å²) in [5, 5.41) is 3.31. The van der Waals surface area contributed by atoms with Crippen LogP contribution in [0, 0.1) is 0 Å². The molecular formula is C15H14ClNO. The van der Waals surface area contributed by atoms with Crippen molar-refractivity contribution in [2.75, 3.05) is 0 Å². The Morgan fingerprint density at radius 3 is 2.78 bits per heavy atom. The van der Waals surface area contributed by atoms with E-state index in [9.17, 15) is 4.79 Å². The average Bonchev–Trinajstić information content (AvgIpc) is 2.55. The first-order valence-electron chi connectivity index (χ1n) is 5.77. The topological polar surface area (TPSA) is 29.1 Å². The number of allylic oxidation sites excluding steroid dienone is 5. The van der Waals surface area contributed by atoms with Crippen molar-refractivity contribution in [3.8, 4) is 0 Å². The highest BCUT2D eigenvalue weighted by atomic mass is 35.5. The molecular weight excluding hydrogens is 246 g/mol. The second-order valence-electron chi connectivity index (χ2n) is 4.11. The number of hydrogen-bond donors (Lipinski definition) is 1. The van der Waals surface area contributed by atoms with Gasteiger partial charge < -0.3 is 5.32 Å². The first-order chi connectivity index (χ1) is 8.66. The van der Waals surface area contributed by atoms with Gasteiger partial charge in [-0.15, -0.1) is 0 Å². The van der Waals surface area contributed by atoms with Crippen molar-refractivity contribution in [2.45, 2.75) is 13.3 Å². The summed E-state index contributed by atoms with van der Waals surface area (Å²) in [5.41, 5.74) is 2.48. The van der Waals surface area contributed by atoms with E-state index in [1.807, 2.05) is 25.2 Å². The molecule has 0 unspecified atom stereocenters.